The third-order valence-corrected chi connectivity index (χ3v) is 6.31. The van der Waals surface area contributed by atoms with Gasteiger partial charge in [-0.3, -0.25) is 4.79 Å². The molecular weight excluding hydrogens is 410 g/mol. The Kier molecular flexibility index (Phi) is 4.67. The number of halogens is 1. The Balaban J connectivity index is 1.89. The predicted octanol–water partition coefficient (Wildman–Crippen LogP) is 6.58. The Morgan fingerprint density at radius 1 is 0.893 bits per heavy atom. The number of fused-ring (bicyclic) bond motifs is 1. The molecule has 0 aromatic heterocycles. The van der Waals surface area contributed by atoms with Crippen LogP contribution in [-0.2, 0) is 5.41 Å². The van der Waals surface area contributed by atoms with Gasteiger partial charge in [0, 0.05) is 26.7 Å². The molecule has 3 heteroatoms. The van der Waals surface area contributed by atoms with Gasteiger partial charge in [-0.25, -0.2) is 0 Å². The Hall–Kier alpha value is -2.39. The van der Waals surface area contributed by atoms with E-state index in [2.05, 4.69) is 85.2 Å². The molecule has 3 aromatic carbocycles. The van der Waals surface area contributed by atoms with Crippen molar-refractivity contribution in [1.29, 1.82) is 0 Å². The zero-order valence-corrected chi connectivity index (χ0v) is 18.0. The van der Waals surface area contributed by atoms with Crippen LogP contribution in [0.2, 0.25) is 0 Å². The summed E-state index contributed by atoms with van der Waals surface area (Å²) in [5, 5.41) is 0. The van der Waals surface area contributed by atoms with Crippen LogP contribution in [0.4, 0.5) is 5.69 Å². The van der Waals surface area contributed by atoms with Gasteiger partial charge in [0.1, 0.15) is 0 Å². The molecule has 3 aromatic rings. The molecule has 0 spiro atoms. The van der Waals surface area contributed by atoms with E-state index in [4.69, 9.17) is 0 Å². The van der Waals surface area contributed by atoms with Crippen molar-refractivity contribution in [1.82, 2.24) is 0 Å². The number of rotatable bonds is 2. The van der Waals surface area contributed by atoms with Crippen LogP contribution in [0.1, 0.15) is 48.7 Å². The summed E-state index contributed by atoms with van der Waals surface area (Å²) in [5.74, 6) is 0.0360. The first-order valence-electron chi connectivity index (χ1n) is 9.58. The lowest BCUT2D eigenvalue weighted by molar-refractivity contribution is 0.0948. The van der Waals surface area contributed by atoms with Gasteiger partial charge >= 0.3 is 0 Å². The average molecular weight is 434 g/mol. The van der Waals surface area contributed by atoms with Gasteiger partial charge in [0.05, 0.1) is 0 Å². The molecule has 142 valence electrons. The van der Waals surface area contributed by atoms with Gasteiger partial charge in [0.15, 0.2) is 0 Å². The number of hydrogen-bond donors (Lipinski definition) is 0. The molecule has 0 unspecified atom stereocenters. The van der Waals surface area contributed by atoms with Crippen molar-refractivity contribution in [3.8, 4) is 0 Å². The number of anilines is 1. The lowest BCUT2D eigenvalue weighted by Gasteiger charge is -2.51. The van der Waals surface area contributed by atoms with Crippen LogP contribution in [0.3, 0.4) is 0 Å². The fraction of sp³-hybridized carbons (Fsp3) is 0.240. The normalized spacial score (nSPS) is 20.5. The number of para-hydroxylation sites is 1. The van der Waals surface area contributed by atoms with Gasteiger partial charge in [-0.1, -0.05) is 77.5 Å². The molecule has 0 saturated carbocycles. The summed E-state index contributed by atoms with van der Waals surface area (Å²) in [6.07, 6.45) is 0.848. The molecule has 1 aliphatic rings. The first-order valence-corrected chi connectivity index (χ1v) is 10.4. The number of nitrogens with zero attached hydrogens (tertiary/aromatic N) is 1. The molecule has 4 rings (SSSR count). The molecule has 0 bridgehead atoms. The molecule has 0 radical (unpaired) electrons. The zero-order chi connectivity index (χ0) is 19.9. The number of amides is 1. The lowest BCUT2D eigenvalue weighted by Crippen LogP contribution is -2.55. The maximum absolute atomic E-state index is 13.6. The molecule has 0 aliphatic carbocycles. The molecule has 1 heterocycles. The Labute approximate surface area is 175 Å². The molecular formula is C25H24BrNO. The van der Waals surface area contributed by atoms with Gasteiger partial charge in [-0.15, -0.1) is 0 Å². The summed E-state index contributed by atoms with van der Waals surface area (Å²) in [4.78, 5) is 15.6. The largest absolute Gasteiger partial charge is 0.302 e. The number of carbonyl (C=O) groups excluding carboxylic acids is 1. The fourth-order valence-electron chi connectivity index (χ4n) is 4.70. The maximum Gasteiger partial charge on any atom is 0.258 e. The first kappa shape index (κ1) is 18.9. The van der Waals surface area contributed by atoms with Gasteiger partial charge < -0.3 is 4.90 Å². The number of carbonyl (C=O) groups is 1. The van der Waals surface area contributed by atoms with Gasteiger partial charge in [-0.2, -0.15) is 0 Å². The quantitative estimate of drug-likeness (QED) is 0.446. The van der Waals surface area contributed by atoms with E-state index in [0.29, 0.717) is 5.56 Å². The molecule has 1 amide bonds. The van der Waals surface area contributed by atoms with E-state index in [1.54, 1.807) is 0 Å². The highest BCUT2D eigenvalue weighted by atomic mass is 79.9. The monoisotopic (exact) mass is 433 g/mol. The van der Waals surface area contributed by atoms with E-state index >= 15 is 0 Å². The Morgan fingerprint density at radius 3 is 2.29 bits per heavy atom. The van der Waals surface area contributed by atoms with Crippen LogP contribution in [0.25, 0.3) is 0 Å². The number of hydrogen-bond acceptors (Lipinski definition) is 1. The average Bonchev–Trinajstić information content (AvgIpc) is 2.68. The third kappa shape index (κ3) is 3.08. The summed E-state index contributed by atoms with van der Waals surface area (Å²) < 4.78 is 0.913. The van der Waals surface area contributed by atoms with E-state index in [1.165, 1.54) is 11.1 Å². The summed E-state index contributed by atoms with van der Waals surface area (Å²) >= 11 is 3.49. The predicted molar refractivity (Wildman–Crippen MR) is 119 cm³/mol. The van der Waals surface area contributed by atoms with Crippen LogP contribution in [0.5, 0.6) is 0 Å². The smallest absolute Gasteiger partial charge is 0.258 e. The highest BCUT2D eigenvalue weighted by Crippen LogP contribution is 2.50. The van der Waals surface area contributed by atoms with Crippen molar-refractivity contribution in [3.63, 3.8) is 0 Å². The highest BCUT2D eigenvalue weighted by Gasteiger charge is 2.47. The van der Waals surface area contributed by atoms with E-state index in [9.17, 15) is 4.79 Å². The standard InChI is InChI=1S/C25H24BrNO/c1-24(2)17-25(3,19-11-5-4-6-12-19)21-14-7-8-15-22(21)27(24)23(28)18-10-9-13-20(26)16-18/h4-16H,17H2,1-3H3/t25-/m1/s1. The van der Waals surface area contributed by atoms with Crippen molar-refractivity contribution >= 4 is 27.5 Å². The summed E-state index contributed by atoms with van der Waals surface area (Å²) in [7, 11) is 0. The van der Waals surface area contributed by atoms with Gasteiger partial charge in [0.25, 0.3) is 5.91 Å². The Morgan fingerprint density at radius 2 is 1.57 bits per heavy atom. The van der Waals surface area contributed by atoms with Crippen molar-refractivity contribution < 1.29 is 4.79 Å². The van der Waals surface area contributed by atoms with E-state index in [0.717, 1.165) is 16.6 Å². The second-order valence-corrected chi connectivity index (χ2v) is 9.27. The van der Waals surface area contributed by atoms with Crippen LogP contribution >= 0.6 is 15.9 Å². The minimum absolute atomic E-state index is 0.0360. The van der Waals surface area contributed by atoms with E-state index in [-0.39, 0.29) is 16.9 Å². The summed E-state index contributed by atoms with van der Waals surface area (Å²) in [5.41, 5.74) is 3.68. The van der Waals surface area contributed by atoms with Crippen LogP contribution < -0.4 is 4.90 Å². The van der Waals surface area contributed by atoms with Crippen LogP contribution in [0.15, 0.2) is 83.3 Å². The van der Waals surface area contributed by atoms with Gasteiger partial charge in [-0.05, 0) is 55.7 Å². The molecule has 1 atom stereocenters. The molecule has 0 saturated heterocycles. The second kappa shape index (κ2) is 6.89. The molecule has 1 aliphatic heterocycles. The third-order valence-electron chi connectivity index (χ3n) is 5.82. The molecule has 2 nitrogen and oxygen atoms in total. The molecule has 28 heavy (non-hydrogen) atoms. The SMILES string of the molecule is CC1(C)C[C@](C)(c2ccccc2)c2ccccc2N1C(=O)c1cccc(Br)c1. The number of benzene rings is 3. The minimum Gasteiger partial charge on any atom is -0.302 e. The molecule has 0 N–H and O–H groups in total. The van der Waals surface area contributed by atoms with Gasteiger partial charge in [0.2, 0.25) is 0 Å². The molecule has 0 fully saturated rings. The first-order chi connectivity index (χ1) is 13.3. The lowest BCUT2D eigenvalue weighted by atomic mass is 9.65. The minimum atomic E-state index is -0.335. The Bertz CT molecular complexity index is 1030. The van der Waals surface area contributed by atoms with E-state index < -0.39 is 0 Å². The van der Waals surface area contributed by atoms with Crippen molar-refractivity contribution in [2.75, 3.05) is 4.90 Å². The maximum atomic E-state index is 13.6. The van der Waals surface area contributed by atoms with Crippen molar-refractivity contribution in [3.05, 3.63) is 100 Å². The second-order valence-electron chi connectivity index (χ2n) is 8.36. The van der Waals surface area contributed by atoms with Crippen LogP contribution in [0, 0.1) is 0 Å². The zero-order valence-electron chi connectivity index (χ0n) is 16.4. The highest BCUT2D eigenvalue weighted by molar-refractivity contribution is 9.10. The van der Waals surface area contributed by atoms with Crippen molar-refractivity contribution in [2.24, 2.45) is 0 Å². The topological polar surface area (TPSA) is 20.3 Å². The fourth-order valence-corrected chi connectivity index (χ4v) is 5.10. The summed E-state index contributed by atoms with van der Waals surface area (Å²) in [6.45, 7) is 6.63. The van der Waals surface area contributed by atoms with E-state index in [1.807, 2.05) is 35.2 Å². The summed E-state index contributed by atoms with van der Waals surface area (Å²) in [6, 6.07) is 26.6. The van der Waals surface area contributed by atoms with Crippen molar-refractivity contribution in [2.45, 2.75) is 38.1 Å². The van der Waals surface area contributed by atoms with Crippen LogP contribution in [-0.4, -0.2) is 11.4 Å².